The molecule has 1 amide bonds. The maximum Gasteiger partial charge on any atom is 0.270 e. The second kappa shape index (κ2) is 8.28. The Balaban J connectivity index is 1.70. The number of methoxy groups -OCH3 is 1. The van der Waals surface area contributed by atoms with E-state index in [1.807, 2.05) is 24.3 Å². The van der Waals surface area contributed by atoms with E-state index in [-0.39, 0.29) is 11.6 Å². The van der Waals surface area contributed by atoms with Gasteiger partial charge in [-0.2, -0.15) is 5.10 Å². The van der Waals surface area contributed by atoms with Crippen molar-refractivity contribution in [2.24, 2.45) is 10.2 Å². The molecule has 9 heteroatoms. The minimum absolute atomic E-state index is 0.0279. The van der Waals surface area contributed by atoms with Crippen LogP contribution >= 0.6 is 11.8 Å². The zero-order valence-corrected chi connectivity index (χ0v) is 15.0. The highest BCUT2D eigenvalue weighted by Crippen LogP contribution is 2.26. The Hall–Kier alpha value is -3.46. The summed E-state index contributed by atoms with van der Waals surface area (Å²) < 4.78 is 5.10. The van der Waals surface area contributed by atoms with Crippen LogP contribution in [0.2, 0.25) is 0 Å². The lowest BCUT2D eigenvalue weighted by atomic mass is 10.2. The van der Waals surface area contributed by atoms with E-state index in [1.165, 1.54) is 18.3 Å². The van der Waals surface area contributed by atoms with Crippen molar-refractivity contribution in [2.45, 2.75) is 0 Å². The molecule has 0 saturated carbocycles. The lowest BCUT2D eigenvalue weighted by Gasteiger charge is -1.99. The molecule has 1 aliphatic rings. The van der Waals surface area contributed by atoms with Gasteiger partial charge in [0, 0.05) is 17.7 Å². The van der Waals surface area contributed by atoms with E-state index in [0.717, 1.165) is 23.1 Å². The minimum atomic E-state index is -0.480. The molecule has 2 aromatic rings. The fraction of sp³-hybridized carbons (Fsp3) is 0.0556. The lowest BCUT2D eigenvalue weighted by molar-refractivity contribution is -0.384. The summed E-state index contributed by atoms with van der Waals surface area (Å²) in [4.78, 5) is 22.8. The first-order valence-corrected chi connectivity index (χ1v) is 8.57. The molecule has 2 aromatic carbocycles. The average Bonchev–Trinajstić information content (AvgIpc) is 3.02. The van der Waals surface area contributed by atoms with Crippen molar-refractivity contribution in [1.82, 2.24) is 5.32 Å². The van der Waals surface area contributed by atoms with Crippen LogP contribution in [0.5, 0.6) is 5.75 Å². The van der Waals surface area contributed by atoms with Gasteiger partial charge in [-0.25, -0.2) is 0 Å². The van der Waals surface area contributed by atoms with Crippen molar-refractivity contribution >= 4 is 40.8 Å². The van der Waals surface area contributed by atoms with Gasteiger partial charge in [-0.3, -0.25) is 20.2 Å². The highest BCUT2D eigenvalue weighted by atomic mass is 32.2. The van der Waals surface area contributed by atoms with Crippen LogP contribution in [0.15, 0.2) is 63.6 Å². The van der Waals surface area contributed by atoms with Crippen LogP contribution in [0.25, 0.3) is 6.08 Å². The molecular formula is C18H14N4O4S. The van der Waals surface area contributed by atoms with Crippen LogP contribution in [0.3, 0.4) is 0 Å². The first-order valence-electron chi connectivity index (χ1n) is 7.75. The number of hydrogen-bond donors (Lipinski definition) is 1. The number of amides is 1. The van der Waals surface area contributed by atoms with E-state index < -0.39 is 4.92 Å². The van der Waals surface area contributed by atoms with E-state index >= 15 is 0 Å². The maximum atomic E-state index is 12.0. The Labute approximate surface area is 158 Å². The van der Waals surface area contributed by atoms with Crippen molar-refractivity contribution in [3.8, 4) is 5.75 Å². The Morgan fingerprint density at radius 2 is 1.96 bits per heavy atom. The summed E-state index contributed by atoms with van der Waals surface area (Å²) in [6.07, 6.45) is 3.13. The second-order valence-corrected chi connectivity index (χ2v) is 6.37. The van der Waals surface area contributed by atoms with Crippen LogP contribution in [0.1, 0.15) is 11.1 Å². The van der Waals surface area contributed by atoms with Crippen LogP contribution < -0.4 is 10.1 Å². The predicted octanol–water partition coefficient (Wildman–Crippen LogP) is 3.20. The number of benzene rings is 2. The third kappa shape index (κ3) is 4.79. The van der Waals surface area contributed by atoms with Gasteiger partial charge in [0.25, 0.3) is 11.6 Å². The summed E-state index contributed by atoms with van der Waals surface area (Å²) in [5, 5.41) is 21.6. The van der Waals surface area contributed by atoms with Gasteiger partial charge < -0.3 is 4.74 Å². The molecule has 1 fully saturated rings. The molecule has 0 atom stereocenters. The normalized spacial score (nSPS) is 16.9. The molecule has 1 N–H and O–H groups in total. The van der Waals surface area contributed by atoms with Crippen LogP contribution in [-0.2, 0) is 4.79 Å². The molecule has 1 saturated heterocycles. The molecule has 8 nitrogen and oxygen atoms in total. The highest BCUT2D eigenvalue weighted by molar-refractivity contribution is 8.18. The van der Waals surface area contributed by atoms with Crippen molar-refractivity contribution in [1.29, 1.82) is 0 Å². The number of nitrogens with zero attached hydrogens (tertiary/aromatic N) is 3. The van der Waals surface area contributed by atoms with Gasteiger partial charge in [-0.15, -0.1) is 5.10 Å². The number of carbonyl (C=O) groups is 1. The van der Waals surface area contributed by atoms with Gasteiger partial charge in [0.2, 0.25) is 0 Å². The molecule has 136 valence electrons. The fourth-order valence-electron chi connectivity index (χ4n) is 2.19. The van der Waals surface area contributed by atoms with Gasteiger partial charge in [0.05, 0.1) is 23.2 Å². The standard InChI is InChI=1S/C18H14N4O4S/c1-26-15-7-5-12(6-8-15)10-16-17(23)20-18(27-16)21-19-11-13-3-2-4-14(9-13)22(24)25/h2-11H,1H3,(H,20,21,23)/b16-10-,19-11-. The summed E-state index contributed by atoms with van der Waals surface area (Å²) in [6, 6.07) is 13.3. The first-order chi connectivity index (χ1) is 13.0. The van der Waals surface area contributed by atoms with Crippen LogP contribution in [-0.4, -0.2) is 29.3 Å². The molecule has 1 heterocycles. The number of non-ortho nitro benzene ring substituents is 1. The molecule has 1 aliphatic heterocycles. The van der Waals surface area contributed by atoms with Gasteiger partial charge in [0.15, 0.2) is 5.17 Å². The number of ether oxygens (including phenoxy) is 1. The fourth-order valence-corrected chi connectivity index (χ4v) is 2.97. The molecule has 0 radical (unpaired) electrons. The maximum absolute atomic E-state index is 12.0. The van der Waals surface area contributed by atoms with Crippen LogP contribution in [0.4, 0.5) is 5.69 Å². The summed E-state index contributed by atoms with van der Waals surface area (Å²) in [5.41, 5.74) is 1.37. The lowest BCUT2D eigenvalue weighted by Crippen LogP contribution is -2.19. The number of nitro benzene ring substituents is 1. The molecular weight excluding hydrogens is 368 g/mol. The molecule has 0 bridgehead atoms. The Morgan fingerprint density at radius 1 is 1.19 bits per heavy atom. The van der Waals surface area contributed by atoms with Crippen molar-refractivity contribution in [3.05, 3.63) is 74.7 Å². The molecule has 3 rings (SSSR count). The third-order valence-corrected chi connectivity index (χ3v) is 4.40. The largest absolute Gasteiger partial charge is 0.497 e. The van der Waals surface area contributed by atoms with Crippen molar-refractivity contribution in [2.75, 3.05) is 7.11 Å². The molecule has 27 heavy (non-hydrogen) atoms. The zero-order valence-electron chi connectivity index (χ0n) is 14.2. The second-order valence-electron chi connectivity index (χ2n) is 5.34. The Kier molecular flexibility index (Phi) is 5.62. The van der Waals surface area contributed by atoms with Gasteiger partial charge in [0.1, 0.15) is 5.75 Å². The minimum Gasteiger partial charge on any atom is -0.497 e. The van der Waals surface area contributed by atoms with Gasteiger partial charge >= 0.3 is 0 Å². The molecule has 0 spiro atoms. The number of amidine groups is 1. The molecule has 0 aliphatic carbocycles. The summed E-state index contributed by atoms with van der Waals surface area (Å²) in [5.74, 6) is 0.471. The zero-order chi connectivity index (χ0) is 19.2. The number of hydrogen-bond acceptors (Lipinski definition) is 7. The van der Waals surface area contributed by atoms with Crippen molar-refractivity contribution < 1.29 is 14.5 Å². The molecule has 0 aromatic heterocycles. The Bertz CT molecular complexity index is 968. The third-order valence-electron chi connectivity index (χ3n) is 3.50. The monoisotopic (exact) mass is 382 g/mol. The summed E-state index contributed by atoms with van der Waals surface area (Å²) >= 11 is 1.16. The SMILES string of the molecule is COc1ccc(/C=C2\S/C(=N/N=C\c3cccc([N+](=O)[O-])c3)NC2=O)cc1. The van der Waals surface area contributed by atoms with Crippen molar-refractivity contribution in [3.63, 3.8) is 0 Å². The van der Waals surface area contributed by atoms with E-state index in [0.29, 0.717) is 15.6 Å². The van der Waals surface area contributed by atoms with E-state index in [1.54, 1.807) is 25.3 Å². The summed E-state index contributed by atoms with van der Waals surface area (Å²) in [6.45, 7) is 0. The van der Waals surface area contributed by atoms with E-state index in [2.05, 4.69) is 15.5 Å². The van der Waals surface area contributed by atoms with E-state index in [4.69, 9.17) is 4.74 Å². The van der Waals surface area contributed by atoms with Gasteiger partial charge in [-0.05, 0) is 35.5 Å². The van der Waals surface area contributed by atoms with Gasteiger partial charge in [-0.1, -0.05) is 24.3 Å². The number of nitro groups is 1. The first kappa shape index (κ1) is 18.3. The number of thioether (sulfide) groups is 1. The van der Waals surface area contributed by atoms with E-state index in [9.17, 15) is 14.9 Å². The predicted molar refractivity (Wildman–Crippen MR) is 105 cm³/mol. The Morgan fingerprint density at radius 3 is 2.67 bits per heavy atom. The smallest absolute Gasteiger partial charge is 0.270 e. The van der Waals surface area contributed by atoms with Crippen LogP contribution in [0, 0.1) is 10.1 Å². The number of rotatable bonds is 5. The topological polar surface area (TPSA) is 106 Å². The average molecular weight is 382 g/mol. The highest BCUT2D eigenvalue weighted by Gasteiger charge is 2.23. The number of carbonyl (C=O) groups excluding carboxylic acids is 1. The molecule has 0 unspecified atom stereocenters. The number of nitrogens with one attached hydrogen (secondary N) is 1. The quantitative estimate of drug-likeness (QED) is 0.370. The summed E-state index contributed by atoms with van der Waals surface area (Å²) in [7, 11) is 1.59.